The number of rotatable bonds is 1. The summed E-state index contributed by atoms with van der Waals surface area (Å²) in [6, 6.07) is 1.83. The summed E-state index contributed by atoms with van der Waals surface area (Å²) in [6.07, 6.45) is -8.72. The Labute approximate surface area is 103 Å². The second-order valence-corrected chi connectivity index (χ2v) is 3.65. The average molecular weight is 261 g/mol. The van der Waals surface area contributed by atoms with Crippen molar-refractivity contribution in [1.29, 1.82) is 5.26 Å². The predicted molar refractivity (Wildman–Crippen MR) is 57.0 cm³/mol. The van der Waals surface area contributed by atoms with E-state index in [1.54, 1.807) is 6.92 Å². The van der Waals surface area contributed by atoms with Gasteiger partial charge in [0, 0.05) is 5.57 Å². The smallest absolute Gasteiger partial charge is 0.335 e. The molecule has 5 unspecified atom stereocenters. The summed E-state index contributed by atoms with van der Waals surface area (Å²) in [5.74, 6) is -1.52. The number of aliphatic carboxylic acids is 1. The van der Waals surface area contributed by atoms with Gasteiger partial charge in [0.2, 0.25) is 0 Å². The van der Waals surface area contributed by atoms with Crippen LogP contribution in [0.1, 0.15) is 6.92 Å². The molecule has 5 N–H and O–H groups in total. The Hall–Kier alpha value is -1.50. The van der Waals surface area contributed by atoms with Crippen LogP contribution in [0.4, 0.5) is 0 Å². The minimum absolute atomic E-state index is 0.560. The van der Waals surface area contributed by atoms with Gasteiger partial charge in [0.05, 0.1) is 6.07 Å². The van der Waals surface area contributed by atoms with E-state index in [1.807, 2.05) is 6.07 Å². The quantitative estimate of drug-likeness (QED) is 0.338. The van der Waals surface area contributed by atoms with Gasteiger partial charge in [-0.05, 0) is 6.92 Å². The fourth-order valence-corrected chi connectivity index (χ4v) is 1.07. The van der Waals surface area contributed by atoms with E-state index in [1.165, 1.54) is 0 Å². The molecule has 1 saturated heterocycles. The van der Waals surface area contributed by atoms with Crippen molar-refractivity contribution in [2.24, 2.45) is 0 Å². The standard InChI is InChI=1S/C6H10O7.C4H5N/c7-1-2(8)4(5(10)11)13-6(12)3(1)9;1-4(2)3-5/h1-4,6-9,12H,(H,10,11);1H2,2H3. The molecule has 1 rings (SSSR count). The molecule has 8 nitrogen and oxygen atoms in total. The average Bonchev–Trinajstić information content (AvgIpc) is 2.31. The maximum atomic E-state index is 10.4. The van der Waals surface area contributed by atoms with Gasteiger partial charge in [-0.2, -0.15) is 5.26 Å². The van der Waals surface area contributed by atoms with Crippen molar-refractivity contribution in [2.75, 3.05) is 0 Å². The Kier molecular flexibility index (Phi) is 6.46. The molecule has 0 aliphatic carbocycles. The predicted octanol–water partition coefficient (Wildman–Crippen LogP) is -2.04. The first-order valence-corrected chi connectivity index (χ1v) is 4.88. The Morgan fingerprint density at radius 3 is 2.00 bits per heavy atom. The van der Waals surface area contributed by atoms with Gasteiger partial charge in [0.1, 0.15) is 18.3 Å². The highest BCUT2D eigenvalue weighted by Crippen LogP contribution is 2.19. The zero-order valence-corrected chi connectivity index (χ0v) is 9.59. The Morgan fingerprint density at radius 2 is 1.67 bits per heavy atom. The lowest BCUT2D eigenvalue weighted by Crippen LogP contribution is -2.59. The molecule has 8 heteroatoms. The van der Waals surface area contributed by atoms with Crippen LogP contribution in [0.3, 0.4) is 0 Å². The third kappa shape index (κ3) is 4.40. The van der Waals surface area contributed by atoms with Crippen molar-refractivity contribution in [1.82, 2.24) is 0 Å². The normalized spacial score (nSPS) is 34.8. The number of hydrogen-bond acceptors (Lipinski definition) is 7. The SMILES string of the molecule is C=C(C)C#N.O=C(O)C1OC(O)C(O)C(O)C1O. The molecule has 0 amide bonds. The number of nitrogens with zero attached hydrogens (tertiary/aromatic N) is 1. The minimum atomic E-state index is -1.81. The number of carbonyl (C=O) groups is 1. The van der Waals surface area contributed by atoms with Crippen molar-refractivity contribution in [3.05, 3.63) is 12.2 Å². The van der Waals surface area contributed by atoms with Crippen molar-refractivity contribution >= 4 is 5.97 Å². The van der Waals surface area contributed by atoms with Gasteiger partial charge in [0.25, 0.3) is 0 Å². The van der Waals surface area contributed by atoms with Crippen LogP contribution in [0.25, 0.3) is 0 Å². The number of aliphatic hydroxyl groups is 4. The molecule has 0 aromatic rings. The third-order valence-electron chi connectivity index (χ3n) is 2.02. The second kappa shape index (κ2) is 7.05. The molecule has 1 aliphatic heterocycles. The first kappa shape index (κ1) is 16.5. The molecule has 1 heterocycles. The van der Waals surface area contributed by atoms with Gasteiger partial charge in [-0.15, -0.1) is 0 Å². The third-order valence-corrected chi connectivity index (χ3v) is 2.02. The topological polar surface area (TPSA) is 151 Å². The largest absolute Gasteiger partial charge is 0.479 e. The lowest BCUT2D eigenvalue weighted by Gasteiger charge is -2.36. The molecule has 0 radical (unpaired) electrons. The van der Waals surface area contributed by atoms with Crippen LogP contribution in [-0.2, 0) is 9.53 Å². The molecule has 18 heavy (non-hydrogen) atoms. The van der Waals surface area contributed by atoms with Crippen molar-refractivity contribution in [3.8, 4) is 6.07 Å². The molecular weight excluding hydrogens is 246 g/mol. The van der Waals surface area contributed by atoms with Crippen molar-refractivity contribution in [2.45, 2.75) is 37.6 Å². The van der Waals surface area contributed by atoms with Crippen molar-refractivity contribution in [3.63, 3.8) is 0 Å². The molecule has 1 aliphatic rings. The summed E-state index contributed by atoms with van der Waals surface area (Å²) in [7, 11) is 0. The van der Waals surface area contributed by atoms with Gasteiger partial charge >= 0.3 is 5.97 Å². The number of ether oxygens (including phenoxy) is 1. The summed E-state index contributed by atoms with van der Waals surface area (Å²) in [6.45, 7) is 4.98. The van der Waals surface area contributed by atoms with E-state index in [9.17, 15) is 4.79 Å². The van der Waals surface area contributed by atoms with E-state index in [-0.39, 0.29) is 0 Å². The zero-order chi connectivity index (χ0) is 14.5. The summed E-state index contributed by atoms with van der Waals surface area (Å²) >= 11 is 0. The fraction of sp³-hybridized carbons (Fsp3) is 0.600. The monoisotopic (exact) mass is 261 g/mol. The van der Waals surface area contributed by atoms with Crippen LogP contribution in [-0.4, -0.2) is 62.2 Å². The van der Waals surface area contributed by atoms with Gasteiger partial charge in [0.15, 0.2) is 12.4 Å². The van der Waals surface area contributed by atoms with E-state index in [0.717, 1.165) is 0 Å². The lowest BCUT2D eigenvalue weighted by molar-refractivity contribution is -0.279. The maximum absolute atomic E-state index is 10.4. The fourth-order valence-electron chi connectivity index (χ4n) is 1.07. The van der Waals surface area contributed by atoms with E-state index in [2.05, 4.69) is 11.3 Å². The maximum Gasteiger partial charge on any atom is 0.335 e. The first-order valence-electron chi connectivity index (χ1n) is 4.88. The highest BCUT2D eigenvalue weighted by Gasteiger charge is 2.46. The highest BCUT2D eigenvalue weighted by atomic mass is 16.6. The van der Waals surface area contributed by atoms with Gasteiger partial charge in [-0.1, -0.05) is 6.58 Å². The number of hydrogen-bond donors (Lipinski definition) is 5. The number of nitriles is 1. The molecule has 0 aromatic carbocycles. The Morgan fingerprint density at radius 1 is 1.22 bits per heavy atom. The lowest BCUT2D eigenvalue weighted by atomic mass is 9.99. The van der Waals surface area contributed by atoms with Crippen molar-refractivity contribution < 1.29 is 35.1 Å². The number of aliphatic hydroxyl groups excluding tert-OH is 4. The van der Waals surface area contributed by atoms with Gasteiger partial charge in [-0.25, -0.2) is 4.79 Å². The molecule has 5 atom stereocenters. The second-order valence-electron chi connectivity index (χ2n) is 3.65. The molecular formula is C10H15NO7. The zero-order valence-electron chi connectivity index (χ0n) is 9.59. The Balaban J connectivity index is 0.000000494. The number of carboxylic acid groups (broad SMARTS) is 1. The molecule has 0 bridgehead atoms. The molecule has 102 valence electrons. The van der Waals surface area contributed by atoms with Crippen LogP contribution < -0.4 is 0 Å². The molecule has 0 saturated carbocycles. The summed E-state index contributed by atoms with van der Waals surface area (Å²) < 4.78 is 4.34. The first-order chi connectivity index (χ1) is 8.22. The van der Waals surface area contributed by atoms with E-state index >= 15 is 0 Å². The van der Waals surface area contributed by atoms with Gasteiger partial charge < -0.3 is 30.3 Å². The molecule has 0 spiro atoms. The van der Waals surface area contributed by atoms with Gasteiger partial charge in [-0.3, -0.25) is 0 Å². The summed E-state index contributed by atoms with van der Waals surface area (Å²) in [4.78, 5) is 10.4. The van der Waals surface area contributed by atoms with Crippen LogP contribution in [0, 0.1) is 11.3 Å². The molecule has 0 aromatic heterocycles. The summed E-state index contributed by atoms with van der Waals surface area (Å²) in [5, 5.41) is 52.2. The van der Waals surface area contributed by atoms with Crippen LogP contribution >= 0.6 is 0 Å². The van der Waals surface area contributed by atoms with E-state index in [4.69, 9.17) is 30.8 Å². The van der Waals surface area contributed by atoms with Crippen LogP contribution in [0.2, 0.25) is 0 Å². The number of allylic oxidation sites excluding steroid dienone is 1. The molecule has 1 fully saturated rings. The highest BCUT2D eigenvalue weighted by molar-refractivity contribution is 5.73. The number of carboxylic acids is 1. The van der Waals surface area contributed by atoms with E-state index in [0.29, 0.717) is 5.57 Å². The van der Waals surface area contributed by atoms with Crippen LogP contribution in [0.5, 0.6) is 0 Å². The van der Waals surface area contributed by atoms with E-state index < -0.39 is 36.7 Å². The summed E-state index contributed by atoms with van der Waals surface area (Å²) in [5.41, 5.74) is 0.560. The Bertz CT molecular complexity index is 351. The minimum Gasteiger partial charge on any atom is -0.479 e. The van der Waals surface area contributed by atoms with Crippen LogP contribution in [0.15, 0.2) is 12.2 Å².